The molecule has 0 bridgehead atoms. The Morgan fingerprint density at radius 3 is 2.71 bits per heavy atom. The molecule has 1 aliphatic heterocycles. The molecule has 1 fully saturated rings. The number of hydrogen-bond acceptors (Lipinski definition) is 6. The molecule has 0 radical (unpaired) electrons. The number of benzene rings is 1. The fourth-order valence-corrected chi connectivity index (χ4v) is 4.18. The van der Waals surface area contributed by atoms with Crippen LogP contribution in [-0.2, 0) is 13.6 Å². The molecule has 3 aromatic rings. The van der Waals surface area contributed by atoms with Gasteiger partial charge >= 0.3 is 0 Å². The summed E-state index contributed by atoms with van der Waals surface area (Å²) in [5, 5.41) is 8.73. The highest BCUT2D eigenvalue weighted by molar-refractivity contribution is 7.08. The average molecular weight is 399 g/mol. The van der Waals surface area contributed by atoms with Gasteiger partial charge in [-0.05, 0) is 43.0 Å². The van der Waals surface area contributed by atoms with Crippen molar-refractivity contribution in [1.29, 1.82) is 0 Å². The number of nitrogens with zero attached hydrogens (tertiary/aromatic N) is 4. The molecule has 7 heteroatoms. The Bertz CT molecular complexity index is 930. The second kappa shape index (κ2) is 7.93. The largest absolute Gasteiger partial charge is 0.493 e. The lowest BCUT2D eigenvalue weighted by Gasteiger charge is -2.38. The number of aryl methyl sites for hydroxylation is 1. The first-order chi connectivity index (χ1) is 13.5. The number of hydrogen-bond donors (Lipinski definition) is 0. The number of aromatic nitrogens is 3. The smallest absolute Gasteiger partial charge is 0.182 e. The van der Waals surface area contributed by atoms with Crippen LogP contribution in [-0.4, -0.2) is 46.0 Å². The normalized spacial score (nSPS) is 15.0. The fourth-order valence-electron chi connectivity index (χ4n) is 3.55. The average Bonchev–Trinajstić information content (AvgIpc) is 3.28. The number of rotatable bonds is 7. The Hall–Kier alpha value is -2.38. The molecule has 28 heavy (non-hydrogen) atoms. The molecule has 3 heterocycles. The zero-order chi connectivity index (χ0) is 19.7. The first-order valence-corrected chi connectivity index (χ1v) is 10.5. The maximum Gasteiger partial charge on any atom is 0.182 e. The van der Waals surface area contributed by atoms with Crippen LogP contribution in [0.25, 0.3) is 11.4 Å². The van der Waals surface area contributed by atoms with Crippen molar-refractivity contribution in [2.75, 3.05) is 20.2 Å². The summed E-state index contributed by atoms with van der Waals surface area (Å²) in [7, 11) is 3.67. The van der Waals surface area contributed by atoms with E-state index in [0.717, 1.165) is 48.3 Å². The Labute approximate surface area is 169 Å². The molecule has 148 valence electrons. The number of likely N-dealkylation sites (tertiary alicyclic amines) is 1. The van der Waals surface area contributed by atoms with Crippen LogP contribution in [0.4, 0.5) is 0 Å². The van der Waals surface area contributed by atoms with Crippen molar-refractivity contribution in [3.05, 3.63) is 46.4 Å². The van der Waals surface area contributed by atoms with Gasteiger partial charge in [0.05, 0.1) is 13.2 Å². The van der Waals surface area contributed by atoms with Gasteiger partial charge < -0.3 is 9.47 Å². The van der Waals surface area contributed by atoms with Gasteiger partial charge in [-0.2, -0.15) is 16.4 Å². The van der Waals surface area contributed by atoms with Crippen molar-refractivity contribution in [3.8, 4) is 22.9 Å². The van der Waals surface area contributed by atoms with Crippen LogP contribution in [0.2, 0.25) is 0 Å². The van der Waals surface area contributed by atoms with Gasteiger partial charge in [0.25, 0.3) is 0 Å². The maximum atomic E-state index is 5.80. The molecule has 0 aliphatic carbocycles. The predicted octanol–water partition coefficient (Wildman–Crippen LogP) is 3.94. The molecule has 2 aromatic heterocycles. The first-order valence-electron chi connectivity index (χ1n) is 9.53. The van der Waals surface area contributed by atoms with Gasteiger partial charge in [-0.25, -0.2) is 4.98 Å². The van der Waals surface area contributed by atoms with E-state index < -0.39 is 0 Å². The summed E-state index contributed by atoms with van der Waals surface area (Å²) in [4.78, 5) is 7.20. The molecule has 1 aliphatic rings. The van der Waals surface area contributed by atoms with Crippen molar-refractivity contribution in [2.24, 2.45) is 7.05 Å². The fraction of sp³-hybridized carbons (Fsp3) is 0.429. The van der Waals surface area contributed by atoms with Crippen LogP contribution in [0, 0.1) is 0 Å². The van der Waals surface area contributed by atoms with Gasteiger partial charge in [-0.3, -0.25) is 9.58 Å². The summed E-state index contributed by atoms with van der Waals surface area (Å²) in [6, 6.07) is 8.25. The van der Waals surface area contributed by atoms with E-state index in [1.54, 1.807) is 18.4 Å². The molecule has 1 aromatic carbocycles. The molecular weight excluding hydrogens is 372 g/mol. The van der Waals surface area contributed by atoms with Crippen LogP contribution in [0.5, 0.6) is 11.5 Å². The highest BCUT2D eigenvalue weighted by atomic mass is 32.1. The molecule has 0 atom stereocenters. The molecule has 6 nitrogen and oxygen atoms in total. The summed E-state index contributed by atoms with van der Waals surface area (Å²) in [6.45, 7) is 6.90. The summed E-state index contributed by atoms with van der Waals surface area (Å²) in [6.07, 6.45) is 0.126. The third kappa shape index (κ3) is 3.91. The third-order valence-electron chi connectivity index (χ3n) is 4.90. The molecule has 0 saturated carbocycles. The van der Waals surface area contributed by atoms with Gasteiger partial charge in [0.1, 0.15) is 5.82 Å². The van der Waals surface area contributed by atoms with Gasteiger partial charge in [0, 0.05) is 43.5 Å². The van der Waals surface area contributed by atoms with Gasteiger partial charge in [0.2, 0.25) is 0 Å². The van der Waals surface area contributed by atoms with E-state index in [9.17, 15) is 0 Å². The van der Waals surface area contributed by atoms with Crippen LogP contribution in [0.1, 0.15) is 31.2 Å². The zero-order valence-electron chi connectivity index (χ0n) is 16.8. The minimum Gasteiger partial charge on any atom is -0.493 e. The lowest BCUT2D eigenvalue weighted by Crippen LogP contribution is -2.45. The SMILES string of the molecule is COc1cc(CN2CC(c3nc(-c4ccsc4)nn3C)C2)ccc1OC(C)C. The standard InChI is InChI=1S/C21H26N4O2S/c1-14(2)27-18-6-5-15(9-19(18)26-4)10-25-11-17(12-25)21-22-20(23-24(21)3)16-7-8-28-13-16/h5-9,13-14,17H,10-12H2,1-4H3. The Kier molecular flexibility index (Phi) is 5.37. The summed E-state index contributed by atoms with van der Waals surface area (Å²) < 4.78 is 13.2. The van der Waals surface area contributed by atoms with Gasteiger partial charge in [-0.1, -0.05) is 6.07 Å². The molecule has 1 saturated heterocycles. The summed E-state index contributed by atoms with van der Waals surface area (Å²) in [5.41, 5.74) is 2.32. The minimum absolute atomic E-state index is 0.126. The second-order valence-corrected chi connectivity index (χ2v) is 8.25. The molecule has 0 N–H and O–H groups in total. The summed E-state index contributed by atoms with van der Waals surface area (Å²) in [5.74, 6) is 3.90. The van der Waals surface area contributed by atoms with E-state index in [1.165, 1.54) is 5.56 Å². The molecule has 0 amide bonds. The molecule has 0 spiro atoms. The van der Waals surface area contributed by atoms with E-state index in [4.69, 9.17) is 14.5 Å². The van der Waals surface area contributed by atoms with Crippen molar-refractivity contribution >= 4 is 11.3 Å². The first kappa shape index (κ1) is 19.0. The van der Waals surface area contributed by atoms with Crippen molar-refractivity contribution in [2.45, 2.75) is 32.4 Å². The lowest BCUT2D eigenvalue weighted by molar-refractivity contribution is 0.132. The quantitative estimate of drug-likeness (QED) is 0.603. The Balaban J connectivity index is 1.38. The number of methoxy groups -OCH3 is 1. The zero-order valence-corrected chi connectivity index (χ0v) is 17.6. The van der Waals surface area contributed by atoms with Crippen LogP contribution < -0.4 is 9.47 Å². The highest BCUT2D eigenvalue weighted by Crippen LogP contribution is 2.32. The van der Waals surface area contributed by atoms with E-state index >= 15 is 0 Å². The third-order valence-corrected chi connectivity index (χ3v) is 5.58. The molecular formula is C21H26N4O2S. The number of thiophene rings is 1. The number of ether oxygens (including phenoxy) is 2. The Morgan fingerprint density at radius 2 is 2.04 bits per heavy atom. The van der Waals surface area contributed by atoms with E-state index in [0.29, 0.717) is 5.92 Å². The monoisotopic (exact) mass is 398 g/mol. The summed E-state index contributed by atoms with van der Waals surface area (Å²) >= 11 is 1.67. The van der Waals surface area contributed by atoms with Crippen molar-refractivity contribution in [3.63, 3.8) is 0 Å². The van der Waals surface area contributed by atoms with Crippen molar-refractivity contribution in [1.82, 2.24) is 19.7 Å². The maximum absolute atomic E-state index is 5.80. The van der Waals surface area contributed by atoms with E-state index in [-0.39, 0.29) is 6.10 Å². The van der Waals surface area contributed by atoms with Crippen LogP contribution >= 0.6 is 11.3 Å². The van der Waals surface area contributed by atoms with Gasteiger partial charge in [-0.15, -0.1) is 0 Å². The highest BCUT2D eigenvalue weighted by Gasteiger charge is 2.32. The molecule has 4 rings (SSSR count). The molecule has 0 unspecified atom stereocenters. The van der Waals surface area contributed by atoms with Crippen LogP contribution in [0.3, 0.4) is 0 Å². The minimum atomic E-state index is 0.126. The Morgan fingerprint density at radius 1 is 1.21 bits per heavy atom. The topological polar surface area (TPSA) is 52.4 Å². The van der Waals surface area contributed by atoms with Crippen LogP contribution in [0.15, 0.2) is 35.0 Å². The lowest BCUT2D eigenvalue weighted by atomic mass is 9.98. The van der Waals surface area contributed by atoms with Crippen molar-refractivity contribution < 1.29 is 9.47 Å². The van der Waals surface area contributed by atoms with Gasteiger partial charge in [0.15, 0.2) is 17.3 Å². The van der Waals surface area contributed by atoms with E-state index in [1.807, 2.05) is 31.6 Å². The van der Waals surface area contributed by atoms with E-state index in [2.05, 4.69) is 39.0 Å². The second-order valence-electron chi connectivity index (χ2n) is 7.47. The predicted molar refractivity (Wildman–Crippen MR) is 111 cm³/mol.